The van der Waals surface area contributed by atoms with Gasteiger partial charge < -0.3 is 9.45 Å². The zero-order valence-electron chi connectivity index (χ0n) is 16.5. The minimum atomic E-state index is -1.47. The predicted molar refractivity (Wildman–Crippen MR) is 121 cm³/mol. The smallest absolute Gasteiger partial charge is 0.311 e. The van der Waals surface area contributed by atoms with Crippen LogP contribution in [0.3, 0.4) is 0 Å². The molecule has 158 valence electrons. The van der Waals surface area contributed by atoms with Crippen molar-refractivity contribution in [3.63, 3.8) is 0 Å². The number of amides is 1. The number of carbonyl (C=O) groups is 1. The second-order valence-electron chi connectivity index (χ2n) is 6.71. The van der Waals surface area contributed by atoms with Crippen molar-refractivity contribution >= 4 is 45.3 Å². The number of anilines is 1. The fourth-order valence-corrected chi connectivity index (χ4v) is 4.33. The molecule has 0 saturated carbocycles. The van der Waals surface area contributed by atoms with Gasteiger partial charge in [0.15, 0.2) is 5.13 Å². The molecular formula is C21H21ClFN3O2S2. The minimum Gasteiger partial charge on any atom is -0.593 e. The summed E-state index contributed by atoms with van der Waals surface area (Å²) >= 11 is 5.87. The van der Waals surface area contributed by atoms with Crippen LogP contribution in [-0.2, 0) is 24.3 Å². The van der Waals surface area contributed by atoms with Crippen LogP contribution in [0.25, 0.3) is 0 Å². The van der Waals surface area contributed by atoms with Crippen LogP contribution in [0.15, 0.2) is 48.5 Å². The van der Waals surface area contributed by atoms with Crippen molar-refractivity contribution in [2.24, 2.45) is 0 Å². The van der Waals surface area contributed by atoms with Crippen LogP contribution >= 0.6 is 22.9 Å². The van der Waals surface area contributed by atoms with Gasteiger partial charge in [-0.3, -0.25) is 4.79 Å². The molecule has 1 N–H and O–H groups in total. The summed E-state index contributed by atoms with van der Waals surface area (Å²) in [6, 6.07) is 14.0. The Morgan fingerprint density at radius 3 is 2.67 bits per heavy atom. The Bertz CT molecular complexity index is 1010. The summed E-state index contributed by atoms with van der Waals surface area (Å²) in [5, 5.41) is 1.33. The second-order valence-corrected chi connectivity index (χ2v) is 9.44. The lowest BCUT2D eigenvalue weighted by molar-refractivity contribution is 0.0977. The molecule has 0 spiro atoms. The molecule has 1 unspecified atom stereocenters. The number of carbonyl (C=O) groups excluding carboxylic acids is 1. The highest BCUT2D eigenvalue weighted by Gasteiger charge is 2.21. The molecule has 0 bridgehead atoms. The molecule has 5 nitrogen and oxygen atoms in total. The van der Waals surface area contributed by atoms with Crippen LogP contribution in [-0.4, -0.2) is 28.2 Å². The molecule has 0 aliphatic heterocycles. The number of nitrogens with zero attached hydrogens (tertiary/aromatic N) is 2. The molecule has 30 heavy (non-hydrogen) atoms. The average Bonchev–Trinajstić information content (AvgIpc) is 3.07. The first-order chi connectivity index (χ1) is 14.3. The van der Waals surface area contributed by atoms with E-state index in [4.69, 9.17) is 11.6 Å². The zero-order chi connectivity index (χ0) is 21.7. The summed E-state index contributed by atoms with van der Waals surface area (Å²) in [6.45, 7) is 2.86. The molecule has 0 saturated heterocycles. The number of hydrogen-bond acceptors (Lipinski definition) is 5. The summed E-state index contributed by atoms with van der Waals surface area (Å²) in [7, 11) is 0. The third kappa shape index (κ3) is 6.18. The number of aryl methyl sites for hydroxylation is 1. The molecule has 3 aromatic rings. The first-order valence-electron chi connectivity index (χ1n) is 9.17. The first-order valence-corrected chi connectivity index (χ1v) is 11.9. The summed E-state index contributed by atoms with van der Waals surface area (Å²) in [6.07, 6.45) is 2.12. The van der Waals surface area contributed by atoms with Crippen molar-refractivity contribution in [3.05, 3.63) is 81.1 Å². The highest BCUT2D eigenvalue weighted by Crippen LogP contribution is 2.28. The molecule has 9 heteroatoms. The van der Waals surface area contributed by atoms with Gasteiger partial charge in [-0.05, 0) is 48.7 Å². The normalized spacial score (nSPS) is 11.9. The Balaban J connectivity index is 1.84. The van der Waals surface area contributed by atoms with Gasteiger partial charge in [0.25, 0.3) is 0 Å². The van der Waals surface area contributed by atoms with Gasteiger partial charge in [-0.25, -0.2) is 9.37 Å². The van der Waals surface area contributed by atoms with Gasteiger partial charge in [0.2, 0.25) is 0 Å². The van der Waals surface area contributed by atoms with Gasteiger partial charge in [0.05, 0.1) is 11.4 Å². The predicted octanol–water partition coefficient (Wildman–Crippen LogP) is 4.52. The van der Waals surface area contributed by atoms with E-state index in [1.165, 1.54) is 29.7 Å². The summed E-state index contributed by atoms with van der Waals surface area (Å²) < 4.78 is 27.4. The van der Waals surface area contributed by atoms with Crippen LogP contribution in [0.1, 0.15) is 26.5 Å². The van der Waals surface area contributed by atoms with E-state index in [-0.39, 0.29) is 11.5 Å². The number of rotatable bonds is 8. The van der Waals surface area contributed by atoms with E-state index in [1.54, 1.807) is 13.0 Å². The number of thiazole rings is 1. The highest BCUT2D eigenvalue weighted by molar-refractivity contribution is 7.89. The molecule has 1 atom stereocenters. The van der Waals surface area contributed by atoms with Crippen molar-refractivity contribution in [1.82, 2.24) is 9.71 Å². The van der Waals surface area contributed by atoms with Crippen LogP contribution < -0.4 is 9.62 Å². The van der Waals surface area contributed by atoms with Gasteiger partial charge in [0.1, 0.15) is 17.8 Å². The van der Waals surface area contributed by atoms with E-state index in [0.29, 0.717) is 23.2 Å². The second kappa shape index (κ2) is 10.3. The van der Waals surface area contributed by atoms with Crippen molar-refractivity contribution in [1.29, 1.82) is 0 Å². The van der Waals surface area contributed by atoms with Crippen LogP contribution in [0.4, 0.5) is 9.52 Å². The van der Waals surface area contributed by atoms with Crippen molar-refractivity contribution in [3.8, 4) is 0 Å². The van der Waals surface area contributed by atoms with E-state index >= 15 is 0 Å². The number of halogens is 2. The topological polar surface area (TPSA) is 68.3 Å². The van der Waals surface area contributed by atoms with Gasteiger partial charge >= 0.3 is 5.91 Å². The van der Waals surface area contributed by atoms with Crippen molar-refractivity contribution < 1.29 is 13.7 Å². The number of aromatic nitrogens is 1. The van der Waals surface area contributed by atoms with Crippen LogP contribution in [0.5, 0.6) is 0 Å². The van der Waals surface area contributed by atoms with Gasteiger partial charge in [-0.2, -0.15) is 4.72 Å². The molecular weight excluding hydrogens is 445 g/mol. The van der Waals surface area contributed by atoms with Crippen molar-refractivity contribution in [2.45, 2.75) is 19.9 Å². The number of nitrogens with one attached hydrogen (secondary N) is 1. The van der Waals surface area contributed by atoms with Crippen molar-refractivity contribution in [2.75, 3.05) is 17.7 Å². The lowest BCUT2D eigenvalue weighted by Crippen LogP contribution is -2.30. The molecule has 1 heterocycles. The molecule has 3 rings (SSSR count). The van der Waals surface area contributed by atoms with Gasteiger partial charge in [-0.15, -0.1) is 11.3 Å². The third-order valence-corrected chi connectivity index (χ3v) is 6.11. The highest BCUT2D eigenvalue weighted by atomic mass is 35.5. The number of hydrogen-bond donors (Lipinski definition) is 1. The molecule has 1 amide bonds. The molecule has 0 aliphatic carbocycles. The maximum atomic E-state index is 13.7. The Morgan fingerprint density at radius 1 is 1.27 bits per heavy atom. The Labute approximate surface area is 187 Å². The van der Waals surface area contributed by atoms with E-state index in [1.807, 2.05) is 35.2 Å². The summed E-state index contributed by atoms with van der Waals surface area (Å²) in [5.41, 5.74) is 2.16. The number of benzene rings is 2. The van der Waals surface area contributed by atoms with E-state index in [0.717, 1.165) is 22.4 Å². The Kier molecular flexibility index (Phi) is 7.71. The lowest BCUT2D eigenvalue weighted by atomic mass is 10.1. The molecule has 0 aliphatic rings. The largest absolute Gasteiger partial charge is 0.593 e. The van der Waals surface area contributed by atoms with E-state index in [9.17, 15) is 13.7 Å². The van der Waals surface area contributed by atoms with E-state index in [2.05, 4.69) is 9.71 Å². The standard InChI is InChI=1S/C21H21ClFN3O2S2/c1-14-19(20(27)25-30(2)28)24-21(29-14)26(13-16-4-3-5-18(23)12-16)11-10-15-6-8-17(22)9-7-15/h3-9,12H,10-11,13H2,1-2H3,(H,25,27). The molecule has 0 fully saturated rings. The summed E-state index contributed by atoms with van der Waals surface area (Å²) in [4.78, 5) is 19.5. The van der Waals surface area contributed by atoms with Gasteiger partial charge in [-0.1, -0.05) is 35.9 Å². The fraction of sp³-hybridized carbons (Fsp3) is 0.238. The first kappa shape index (κ1) is 22.6. The fourth-order valence-electron chi connectivity index (χ4n) is 2.92. The third-order valence-electron chi connectivity index (χ3n) is 4.35. The molecule has 0 radical (unpaired) electrons. The zero-order valence-corrected chi connectivity index (χ0v) is 18.9. The Morgan fingerprint density at radius 2 is 2.00 bits per heavy atom. The lowest BCUT2D eigenvalue weighted by Gasteiger charge is -2.22. The molecule has 1 aromatic heterocycles. The van der Waals surface area contributed by atoms with Crippen LogP contribution in [0, 0.1) is 12.7 Å². The maximum Gasteiger partial charge on any atom is 0.311 e. The van der Waals surface area contributed by atoms with Gasteiger partial charge in [0, 0.05) is 23.0 Å². The SMILES string of the molecule is Cc1sc(N(CCc2ccc(Cl)cc2)Cc2cccc(F)c2)nc1C(=O)N[S+](C)[O-]. The average molecular weight is 466 g/mol. The molecule has 2 aromatic carbocycles. The maximum absolute atomic E-state index is 13.7. The quantitative estimate of drug-likeness (QED) is 0.497. The summed E-state index contributed by atoms with van der Waals surface area (Å²) in [5.74, 6) is -0.773. The van der Waals surface area contributed by atoms with E-state index < -0.39 is 17.3 Å². The van der Waals surface area contributed by atoms with Crippen LogP contribution in [0.2, 0.25) is 5.02 Å². The monoisotopic (exact) mass is 465 g/mol. The minimum absolute atomic E-state index is 0.251. The Hall–Kier alpha value is -2.13.